The molecule has 15 heavy (non-hydrogen) atoms. The molecule has 3 nitrogen and oxygen atoms in total. The van der Waals surface area contributed by atoms with E-state index in [-0.39, 0.29) is 5.91 Å². The molecular formula is C11H12N2OS. The summed E-state index contributed by atoms with van der Waals surface area (Å²) >= 11 is 1.71. The van der Waals surface area contributed by atoms with Crippen molar-refractivity contribution in [3.63, 3.8) is 0 Å². The first-order chi connectivity index (χ1) is 7.24. The van der Waals surface area contributed by atoms with E-state index in [1.54, 1.807) is 11.8 Å². The molecule has 2 rings (SSSR count). The van der Waals surface area contributed by atoms with Crippen LogP contribution in [0.2, 0.25) is 0 Å². The fourth-order valence-corrected chi connectivity index (χ4v) is 2.12. The number of nitrogens with one attached hydrogen (secondary N) is 1. The van der Waals surface area contributed by atoms with Crippen molar-refractivity contribution in [2.45, 2.75) is 18.2 Å². The van der Waals surface area contributed by atoms with Gasteiger partial charge in [0.15, 0.2) is 0 Å². The number of thioether (sulfide) groups is 1. The first-order valence-corrected chi connectivity index (χ1v) is 5.76. The van der Waals surface area contributed by atoms with Crippen LogP contribution in [-0.2, 0) is 4.79 Å². The second kappa shape index (κ2) is 4.49. The Labute approximate surface area is 93.0 Å². The van der Waals surface area contributed by atoms with Gasteiger partial charge < -0.3 is 0 Å². The van der Waals surface area contributed by atoms with Gasteiger partial charge in [-0.2, -0.15) is 5.10 Å². The summed E-state index contributed by atoms with van der Waals surface area (Å²) in [7, 11) is 0. The lowest BCUT2D eigenvalue weighted by atomic mass is 10.2. The highest BCUT2D eigenvalue weighted by Crippen LogP contribution is 2.19. The largest absolute Gasteiger partial charge is 0.273 e. The summed E-state index contributed by atoms with van der Waals surface area (Å²) in [4.78, 5) is 12.1. The number of rotatable bonds is 3. The Bertz CT molecular complexity index is 398. The molecule has 0 radical (unpaired) electrons. The van der Waals surface area contributed by atoms with Crippen LogP contribution in [0.1, 0.15) is 12.0 Å². The molecule has 0 spiro atoms. The van der Waals surface area contributed by atoms with E-state index in [2.05, 4.69) is 41.7 Å². The van der Waals surface area contributed by atoms with E-state index in [4.69, 9.17) is 0 Å². The zero-order valence-electron chi connectivity index (χ0n) is 8.49. The number of hydrogen-bond donors (Lipinski definition) is 1. The van der Waals surface area contributed by atoms with Crippen molar-refractivity contribution in [3.8, 4) is 0 Å². The van der Waals surface area contributed by atoms with Gasteiger partial charge in [-0.3, -0.25) is 4.79 Å². The van der Waals surface area contributed by atoms with Crippen molar-refractivity contribution >= 4 is 23.4 Å². The Morgan fingerprint density at radius 3 is 2.73 bits per heavy atom. The minimum Gasteiger partial charge on any atom is -0.273 e. The molecule has 1 heterocycles. The van der Waals surface area contributed by atoms with Crippen molar-refractivity contribution in [1.82, 2.24) is 5.43 Å². The molecule has 1 N–H and O–H groups in total. The average Bonchev–Trinajstić information content (AvgIpc) is 2.64. The number of hydrazone groups is 1. The quantitative estimate of drug-likeness (QED) is 0.791. The van der Waals surface area contributed by atoms with E-state index in [0.717, 1.165) is 11.5 Å². The molecule has 0 aromatic heterocycles. The molecule has 4 heteroatoms. The zero-order valence-corrected chi connectivity index (χ0v) is 9.30. The van der Waals surface area contributed by atoms with Crippen LogP contribution in [-0.4, -0.2) is 17.4 Å². The Balaban J connectivity index is 1.88. The van der Waals surface area contributed by atoms with Crippen molar-refractivity contribution < 1.29 is 4.79 Å². The third-order valence-corrected chi connectivity index (χ3v) is 3.21. The van der Waals surface area contributed by atoms with Crippen molar-refractivity contribution in [1.29, 1.82) is 0 Å². The fourth-order valence-electron chi connectivity index (χ4n) is 1.29. The van der Waals surface area contributed by atoms with Crippen LogP contribution in [0.25, 0.3) is 0 Å². The van der Waals surface area contributed by atoms with Crippen molar-refractivity contribution in [2.24, 2.45) is 5.10 Å². The first kappa shape index (κ1) is 10.2. The van der Waals surface area contributed by atoms with Crippen LogP contribution in [0.4, 0.5) is 0 Å². The molecule has 1 aromatic rings. The summed E-state index contributed by atoms with van der Waals surface area (Å²) in [5.74, 6) is 0.774. The highest BCUT2D eigenvalue weighted by atomic mass is 32.2. The molecule has 1 aliphatic rings. The summed E-state index contributed by atoms with van der Waals surface area (Å²) in [6.45, 7) is 2.07. The predicted octanol–water partition coefficient (Wildman–Crippen LogP) is 1.96. The van der Waals surface area contributed by atoms with Gasteiger partial charge in [0, 0.05) is 10.6 Å². The molecular weight excluding hydrogens is 208 g/mol. The molecule has 1 aliphatic heterocycles. The van der Waals surface area contributed by atoms with Gasteiger partial charge in [0.1, 0.15) is 0 Å². The minimum atomic E-state index is -0.00509. The summed E-state index contributed by atoms with van der Waals surface area (Å²) in [6.07, 6.45) is 0.443. The van der Waals surface area contributed by atoms with Crippen molar-refractivity contribution in [3.05, 3.63) is 29.8 Å². The van der Waals surface area contributed by atoms with E-state index in [0.29, 0.717) is 6.42 Å². The molecule has 0 fully saturated rings. The number of aryl methyl sites for hydroxylation is 1. The van der Waals surface area contributed by atoms with Gasteiger partial charge in [0.2, 0.25) is 5.91 Å². The third kappa shape index (κ3) is 2.83. The van der Waals surface area contributed by atoms with Gasteiger partial charge in [0.05, 0.1) is 12.1 Å². The van der Waals surface area contributed by atoms with Gasteiger partial charge in [-0.1, -0.05) is 17.7 Å². The number of carbonyl (C=O) groups excluding carboxylic acids is 1. The Kier molecular flexibility index (Phi) is 3.06. The van der Waals surface area contributed by atoms with Gasteiger partial charge >= 0.3 is 0 Å². The van der Waals surface area contributed by atoms with Gasteiger partial charge in [-0.25, -0.2) is 5.43 Å². The lowest BCUT2D eigenvalue weighted by Crippen LogP contribution is -2.09. The monoisotopic (exact) mass is 220 g/mol. The number of hydrogen-bond acceptors (Lipinski definition) is 3. The fraction of sp³-hybridized carbons (Fsp3) is 0.273. The number of amides is 1. The van der Waals surface area contributed by atoms with Gasteiger partial charge in [0.25, 0.3) is 0 Å². The van der Waals surface area contributed by atoms with Crippen LogP contribution in [0, 0.1) is 6.92 Å². The normalized spacial score (nSPS) is 15.0. The van der Waals surface area contributed by atoms with E-state index in [1.807, 2.05) is 0 Å². The van der Waals surface area contributed by atoms with Crippen LogP contribution in [0.15, 0.2) is 34.3 Å². The lowest BCUT2D eigenvalue weighted by molar-refractivity contribution is -0.119. The number of carbonyl (C=O) groups is 1. The van der Waals surface area contributed by atoms with E-state index < -0.39 is 0 Å². The second-order valence-corrected chi connectivity index (χ2v) is 4.54. The molecule has 1 aromatic carbocycles. The molecule has 0 unspecified atom stereocenters. The summed E-state index contributed by atoms with van der Waals surface area (Å²) < 4.78 is 0. The molecule has 0 aliphatic carbocycles. The number of nitrogens with zero attached hydrogens (tertiary/aromatic N) is 1. The molecule has 0 saturated carbocycles. The van der Waals surface area contributed by atoms with Crippen LogP contribution in [0.5, 0.6) is 0 Å². The Morgan fingerprint density at radius 2 is 2.13 bits per heavy atom. The molecule has 0 atom stereocenters. The lowest BCUT2D eigenvalue weighted by Gasteiger charge is -2.00. The smallest absolute Gasteiger partial charge is 0.245 e. The molecule has 78 valence electrons. The maximum Gasteiger partial charge on any atom is 0.245 e. The van der Waals surface area contributed by atoms with E-state index in [1.165, 1.54) is 10.5 Å². The Morgan fingerprint density at radius 1 is 1.40 bits per heavy atom. The van der Waals surface area contributed by atoms with Crippen molar-refractivity contribution in [2.75, 3.05) is 5.75 Å². The van der Waals surface area contributed by atoms with Crippen LogP contribution < -0.4 is 5.43 Å². The summed E-state index contributed by atoms with van der Waals surface area (Å²) in [6, 6.07) is 8.35. The summed E-state index contributed by atoms with van der Waals surface area (Å²) in [5, 5.41) is 3.95. The highest BCUT2D eigenvalue weighted by molar-refractivity contribution is 8.00. The highest BCUT2D eigenvalue weighted by Gasteiger charge is 2.13. The molecule has 0 bridgehead atoms. The second-order valence-electron chi connectivity index (χ2n) is 3.49. The number of benzene rings is 1. The van der Waals surface area contributed by atoms with Gasteiger partial charge in [-0.05, 0) is 19.1 Å². The third-order valence-electron chi connectivity index (χ3n) is 2.13. The first-order valence-electron chi connectivity index (χ1n) is 4.78. The van der Waals surface area contributed by atoms with Crippen LogP contribution in [0.3, 0.4) is 0 Å². The topological polar surface area (TPSA) is 41.5 Å². The van der Waals surface area contributed by atoms with E-state index in [9.17, 15) is 4.79 Å². The van der Waals surface area contributed by atoms with E-state index >= 15 is 0 Å². The Hall–Kier alpha value is -1.29. The summed E-state index contributed by atoms with van der Waals surface area (Å²) in [5.41, 5.74) is 4.63. The molecule has 1 amide bonds. The zero-order chi connectivity index (χ0) is 10.7. The maximum atomic E-state index is 10.9. The van der Waals surface area contributed by atoms with Crippen LogP contribution >= 0.6 is 11.8 Å². The standard InChI is InChI=1S/C11H12N2OS/c1-8-2-4-10(5-3-8)15-7-9-6-11(14)13-12-9/h2-5H,6-7H2,1H3,(H,13,14). The minimum absolute atomic E-state index is 0.00509. The van der Waals surface area contributed by atoms with Gasteiger partial charge in [-0.15, -0.1) is 11.8 Å². The average molecular weight is 220 g/mol. The SMILES string of the molecule is Cc1ccc(SCC2=NNC(=O)C2)cc1. The molecule has 0 saturated heterocycles. The predicted molar refractivity (Wildman–Crippen MR) is 62.1 cm³/mol. The maximum absolute atomic E-state index is 10.9.